The van der Waals surface area contributed by atoms with Crippen LogP contribution in [0.5, 0.6) is 0 Å². The van der Waals surface area contributed by atoms with E-state index in [1.54, 1.807) is 19.9 Å². The van der Waals surface area contributed by atoms with Gasteiger partial charge < -0.3 is 5.11 Å². The Kier molecular flexibility index (Phi) is 4.03. The molecule has 0 aromatic rings. The first-order valence-electron chi connectivity index (χ1n) is 5.77. The van der Waals surface area contributed by atoms with E-state index in [0.717, 1.165) is 4.31 Å². The van der Waals surface area contributed by atoms with Crippen molar-refractivity contribution in [1.82, 2.24) is 4.31 Å². The zero-order valence-electron chi connectivity index (χ0n) is 10.8. The number of piperidine rings is 1. The first kappa shape index (κ1) is 14.9. The molecule has 18 heavy (non-hydrogen) atoms. The van der Waals surface area contributed by atoms with E-state index in [1.807, 2.05) is 0 Å². The number of nitrogens with zero attached hydrogens (tertiary/aromatic N) is 2. The highest BCUT2D eigenvalue weighted by atomic mass is 32.2. The molecule has 6 nitrogen and oxygen atoms in total. The Morgan fingerprint density at radius 2 is 2.11 bits per heavy atom. The van der Waals surface area contributed by atoms with Crippen LogP contribution in [0.2, 0.25) is 0 Å². The molecule has 1 heterocycles. The molecular weight excluding hydrogens is 256 g/mol. The lowest BCUT2D eigenvalue weighted by Gasteiger charge is -2.43. The number of hydrogen-bond donors (Lipinski definition) is 1. The molecule has 1 aliphatic rings. The van der Waals surface area contributed by atoms with Crippen molar-refractivity contribution in [3.63, 3.8) is 0 Å². The van der Waals surface area contributed by atoms with Gasteiger partial charge in [-0.25, -0.2) is 8.42 Å². The van der Waals surface area contributed by atoms with Gasteiger partial charge in [0.2, 0.25) is 10.0 Å². The standard InChI is InChI=1S/C11H18N2O4S/c1-8(7-12)18(16,17)13-6-4-5-11(2,3)9(13)10(14)15/h8-9H,4-6H2,1-3H3,(H,14,15). The fourth-order valence-electron chi connectivity index (χ4n) is 2.35. The molecule has 0 aliphatic carbocycles. The van der Waals surface area contributed by atoms with Crippen molar-refractivity contribution in [2.24, 2.45) is 5.41 Å². The molecule has 7 heteroatoms. The monoisotopic (exact) mass is 274 g/mol. The number of aliphatic carboxylic acids is 1. The van der Waals surface area contributed by atoms with Gasteiger partial charge in [0.05, 0.1) is 6.07 Å². The van der Waals surface area contributed by atoms with Gasteiger partial charge in [0.25, 0.3) is 0 Å². The molecule has 1 fully saturated rings. The topological polar surface area (TPSA) is 98.5 Å². The van der Waals surface area contributed by atoms with Gasteiger partial charge >= 0.3 is 5.97 Å². The Balaban J connectivity index is 3.22. The van der Waals surface area contributed by atoms with E-state index in [9.17, 15) is 18.3 Å². The number of carboxylic acid groups (broad SMARTS) is 1. The average Bonchev–Trinajstić information content (AvgIpc) is 2.25. The van der Waals surface area contributed by atoms with Crippen molar-refractivity contribution >= 4 is 16.0 Å². The summed E-state index contributed by atoms with van der Waals surface area (Å²) >= 11 is 0. The minimum absolute atomic E-state index is 0.161. The summed E-state index contributed by atoms with van der Waals surface area (Å²) in [5.41, 5.74) is -0.633. The van der Waals surface area contributed by atoms with Crippen LogP contribution < -0.4 is 0 Å². The number of carbonyl (C=O) groups is 1. The second-order valence-electron chi connectivity index (χ2n) is 5.26. The lowest BCUT2D eigenvalue weighted by Crippen LogP contribution is -2.57. The van der Waals surface area contributed by atoms with Gasteiger partial charge in [0.15, 0.2) is 5.25 Å². The third-order valence-electron chi connectivity index (χ3n) is 3.42. The van der Waals surface area contributed by atoms with Crippen LogP contribution in [0.4, 0.5) is 0 Å². The van der Waals surface area contributed by atoms with E-state index >= 15 is 0 Å². The predicted molar refractivity (Wildman–Crippen MR) is 65.1 cm³/mol. The van der Waals surface area contributed by atoms with Crippen LogP contribution in [-0.4, -0.2) is 41.6 Å². The Morgan fingerprint density at radius 3 is 2.56 bits per heavy atom. The van der Waals surface area contributed by atoms with Crippen molar-refractivity contribution < 1.29 is 18.3 Å². The lowest BCUT2D eigenvalue weighted by atomic mass is 9.77. The largest absolute Gasteiger partial charge is 0.480 e. The van der Waals surface area contributed by atoms with Crippen molar-refractivity contribution in [2.75, 3.05) is 6.54 Å². The second-order valence-corrected chi connectivity index (χ2v) is 7.47. The van der Waals surface area contributed by atoms with Gasteiger partial charge in [-0.15, -0.1) is 0 Å². The van der Waals surface area contributed by atoms with Gasteiger partial charge in [-0.05, 0) is 25.2 Å². The average molecular weight is 274 g/mol. The Morgan fingerprint density at radius 1 is 1.56 bits per heavy atom. The van der Waals surface area contributed by atoms with Crippen LogP contribution in [0, 0.1) is 16.7 Å². The Bertz CT molecular complexity index is 478. The lowest BCUT2D eigenvalue weighted by molar-refractivity contribution is -0.147. The molecule has 0 saturated carbocycles. The summed E-state index contributed by atoms with van der Waals surface area (Å²) in [6.07, 6.45) is 1.26. The summed E-state index contributed by atoms with van der Waals surface area (Å²) in [6.45, 7) is 4.92. The predicted octanol–water partition coefficient (Wildman–Crippen LogP) is 0.803. The molecule has 1 saturated heterocycles. The minimum Gasteiger partial charge on any atom is -0.480 e. The van der Waals surface area contributed by atoms with E-state index in [-0.39, 0.29) is 6.54 Å². The highest BCUT2D eigenvalue weighted by molar-refractivity contribution is 7.90. The smallest absolute Gasteiger partial charge is 0.322 e. The van der Waals surface area contributed by atoms with Crippen molar-refractivity contribution in [1.29, 1.82) is 5.26 Å². The van der Waals surface area contributed by atoms with E-state index in [0.29, 0.717) is 12.8 Å². The highest BCUT2D eigenvalue weighted by Crippen LogP contribution is 2.37. The van der Waals surface area contributed by atoms with Crippen LogP contribution in [-0.2, 0) is 14.8 Å². The second kappa shape index (κ2) is 4.86. The maximum Gasteiger partial charge on any atom is 0.322 e. The van der Waals surface area contributed by atoms with Crippen LogP contribution in [0.25, 0.3) is 0 Å². The molecule has 1 N–H and O–H groups in total. The fourth-order valence-corrected chi connectivity index (χ4v) is 3.94. The number of nitriles is 1. The SMILES string of the molecule is CC(C#N)S(=O)(=O)N1CCCC(C)(C)C1C(=O)O. The van der Waals surface area contributed by atoms with E-state index < -0.39 is 32.7 Å². The quantitative estimate of drug-likeness (QED) is 0.820. The number of hydrogen-bond acceptors (Lipinski definition) is 4. The molecule has 0 spiro atoms. The van der Waals surface area contributed by atoms with Gasteiger partial charge in [-0.2, -0.15) is 9.57 Å². The van der Waals surface area contributed by atoms with Gasteiger partial charge in [-0.3, -0.25) is 4.79 Å². The Hall–Kier alpha value is -1.13. The van der Waals surface area contributed by atoms with Crippen LogP contribution >= 0.6 is 0 Å². The highest BCUT2D eigenvalue weighted by Gasteiger charge is 2.48. The molecule has 2 unspecified atom stereocenters. The number of sulfonamides is 1. The minimum atomic E-state index is -3.89. The zero-order valence-corrected chi connectivity index (χ0v) is 11.6. The van der Waals surface area contributed by atoms with E-state index in [4.69, 9.17) is 5.26 Å². The molecule has 0 radical (unpaired) electrons. The maximum atomic E-state index is 12.2. The van der Waals surface area contributed by atoms with Gasteiger partial charge in [0, 0.05) is 6.54 Å². The number of carboxylic acids is 1. The molecule has 0 bridgehead atoms. The van der Waals surface area contributed by atoms with Crippen molar-refractivity contribution in [3.05, 3.63) is 0 Å². The number of rotatable bonds is 3. The first-order valence-corrected chi connectivity index (χ1v) is 7.28. The molecule has 0 amide bonds. The molecular formula is C11H18N2O4S. The van der Waals surface area contributed by atoms with Crippen LogP contribution in [0.3, 0.4) is 0 Å². The summed E-state index contributed by atoms with van der Waals surface area (Å²) in [5, 5.41) is 16.8. The molecule has 102 valence electrons. The summed E-state index contributed by atoms with van der Waals surface area (Å²) in [7, 11) is -3.89. The van der Waals surface area contributed by atoms with E-state index in [2.05, 4.69) is 0 Å². The van der Waals surface area contributed by atoms with Crippen molar-refractivity contribution in [2.45, 2.75) is 44.9 Å². The summed E-state index contributed by atoms with van der Waals surface area (Å²) in [6, 6.07) is 0.562. The first-order chi connectivity index (χ1) is 8.14. The zero-order chi connectivity index (χ0) is 14.1. The van der Waals surface area contributed by atoms with Crippen LogP contribution in [0.15, 0.2) is 0 Å². The Labute approximate surface area is 107 Å². The van der Waals surface area contributed by atoms with Crippen molar-refractivity contribution in [3.8, 4) is 6.07 Å². The molecule has 0 aromatic carbocycles. The molecule has 1 aliphatic heterocycles. The molecule has 0 aromatic heterocycles. The summed E-state index contributed by atoms with van der Waals surface area (Å²) in [5.74, 6) is -1.16. The normalized spacial score (nSPS) is 26.2. The third-order valence-corrected chi connectivity index (χ3v) is 5.46. The molecule has 2 atom stereocenters. The van der Waals surface area contributed by atoms with Crippen LogP contribution in [0.1, 0.15) is 33.6 Å². The summed E-state index contributed by atoms with van der Waals surface area (Å²) < 4.78 is 25.3. The van der Waals surface area contributed by atoms with E-state index in [1.165, 1.54) is 6.92 Å². The third kappa shape index (κ3) is 2.49. The van der Waals surface area contributed by atoms with Gasteiger partial charge in [0.1, 0.15) is 6.04 Å². The van der Waals surface area contributed by atoms with Gasteiger partial charge in [-0.1, -0.05) is 13.8 Å². The maximum absolute atomic E-state index is 12.2. The molecule has 1 rings (SSSR count). The fraction of sp³-hybridized carbons (Fsp3) is 0.818. The summed E-state index contributed by atoms with van der Waals surface area (Å²) in [4.78, 5) is 11.3.